The van der Waals surface area contributed by atoms with Crippen molar-refractivity contribution in [3.05, 3.63) is 65.3 Å². The number of rotatable bonds is 8. The first-order valence-corrected chi connectivity index (χ1v) is 11.0. The predicted molar refractivity (Wildman–Crippen MR) is 122 cm³/mol. The van der Waals surface area contributed by atoms with Crippen molar-refractivity contribution in [2.75, 3.05) is 19.8 Å². The van der Waals surface area contributed by atoms with Crippen LogP contribution in [0, 0.1) is 0 Å². The fourth-order valence-corrected chi connectivity index (χ4v) is 3.59. The van der Waals surface area contributed by atoms with Gasteiger partial charge in [-0.3, -0.25) is 9.59 Å². The Labute approximate surface area is 193 Å². The van der Waals surface area contributed by atoms with Gasteiger partial charge in [0, 0.05) is 12.1 Å². The number of hydrogen-bond acceptors (Lipinski definition) is 7. The molecule has 1 aliphatic heterocycles. The van der Waals surface area contributed by atoms with Gasteiger partial charge in [-0.1, -0.05) is 43.8 Å². The molecule has 2 amide bonds. The fraction of sp³-hybridized carbons (Fsp3) is 0.435. The highest BCUT2D eigenvalue weighted by Gasteiger charge is 2.28. The molecular weight excluding hydrogens is 422 g/mol. The lowest BCUT2D eigenvalue weighted by Gasteiger charge is -2.34. The molecule has 1 aliphatic rings. The fourth-order valence-electron chi connectivity index (χ4n) is 3.59. The lowest BCUT2D eigenvalue weighted by molar-refractivity contribution is -0.120. The number of morpholine rings is 1. The summed E-state index contributed by atoms with van der Waals surface area (Å²) in [6.45, 7) is 10.6. The van der Waals surface area contributed by atoms with Gasteiger partial charge in [-0.2, -0.15) is 4.80 Å². The van der Waals surface area contributed by atoms with Crippen molar-refractivity contribution in [3.8, 4) is 0 Å². The van der Waals surface area contributed by atoms with Gasteiger partial charge < -0.3 is 20.3 Å². The molecule has 0 spiro atoms. The number of benzene rings is 1. The van der Waals surface area contributed by atoms with Crippen LogP contribution >= 0.6 is 0 Å². The quantitative estimate of drug-likeness (QED) is 0.586. The Kier molecular flexibility index (Phi) is 7.94. The molecule has 0 saturated carbocycles. The molecule has 10 nitrogen and oxygen atoms in total. The first-order chi connectivity index (χ1) is 15.8. The molecule has 33 heavy (non-hydrogen) atoms. The van der Waals surface area contributed by atoms with Gasteiger partial charge in [-0.25, -0.2) is 0 Å². The number of amides is 2. The van der Waals surface area contributed by atoms with Crippen molar-refractivity contribution in [1.29, 1.82) is 0 Å². The van der Waals surface area contributed by atoms with Crippen LogP contribution in [0.2, 0.25) is 0 Å². The van der Waals surface area contributed by atoms with E-state index >= 15 is 0 Å². The highest BCUT2D eigenvalue weighted by Crippen LogP contribution is 2.23. The van der Waals surface area contributed by atoms with Gasteiger partial charge in [0.1, 0.15) is 0 Å². The summed E-state index contributed by atoms with van der Waals surface area (Å²) in [6.07, 6.45) is 0.752. The van der Waals surface area contributed by atoms with Crippen LogP contribution in [0.25, 0.3) is 0 Å². The van der Waals surface area contributed by atoms with Crippen LogP contribution in [0.15, 0.2) is 53.9 Å². The molecule has 0 aliphatic carbocycles. The number of aromatic nitrogens is 4. The third-order valence-corrected chi connectivity index (χ3v) is 5.56. The highest BCUT2D eigenvalue weighted by molar-refractivity contribution is 5.95. The summed E-state index contributed by atoms with van der Waals surface area (Å²) in [6, 6.07) is 9.27. The van der Waals surface area contributed by atoms with Crippen molar-refractivity contribution >= 4 is 11.8 Å². The lowest BCUT2D eigenvalue weighted by Crippen LogP contribution is -2.42. The van der Waals surface area contributed by atoms with E-state index in [2.05, 4.69) is 32.6 Å². The van der Waals surface area contributed by atoms with Gasteiger partial charge >= 0.3 is 0 Å². The molecule has 176 valence electrons. The summed E-state index contributed by atoms with van der Waals surface area (Å²) in [5.74, 6) is -0.182. The van der Waals surface area contributed by atoms with Crippen molar-refractivity contribution in [3.63, 3.8) is 0 Å². The number of nitrogens with zero attached hydrogens (tertiary/aromatic N) is 5. The number of carbonyl (C=O) groups excluding carboxylic acids is 2. The minimum atomic E-state index is -0.447. The summed E-state index contributed by atoms with van der Waals surface area (Å²) in [4.78, 5) is 29.0. The Morgan fingerprint density at radius 1 is 1.21 bits per heavy atom. The minimum Gasteiger partial charge on any atom is -0.373 e. The van der Waals surface area contributed by atoms with Crippen LogP contribution in [0.1, 0.15) is 50.7 Å². The highest BCUT2D eigenvalue weighted by atomic mass is 16.5. The summed E-state index contributed by atoms with van der Waals surface area (Å²) < 4.78 is 5.60. The van der Waals surface area contributed by atoms with E-state index in [1.807, 2.05) is 37.3 Å². The largest absolute Gasteiger partial charge is 0.373 e. The average molecular weight is 454 g/mol. The summed E-state index contributed by atoms with van der Waals surface area (Å²) in [5, 5.41) is 17.8. The zero-order chi connectivity index (χ0) is 24.0. The van der Waals surface area contributed by atoms with Crippen LogP contribution in [-0.2, 0) is 21.4 Å². The van der Waals surface area contributed by atoms with E-state index in [-0.39, 0.29) is 30.2 Å². The van der Waals surface area contributed by atoms with Crippen LogP contribution in [-0.4, -0.2) is 56.7 Å². The van der Waals surface area contributed by atoms with Gasteiger partial charge in [-0.15, -0.1) is 10.2 Å². The van der Waals surface area contributed by atoms with E-state index in [0.29, 0.717) is 30.2 Å². The van der Waals surface area contributed by atoms with Crippen LogP contribution in [0.5, 0.6) is 0 Å². The molecule has 10 heteroatoms. The maximum atomic E-state index is 13.1. The normalized spacial score (nSPS) is 17.2. The second-order valence-electron chi connectivity index (χ2n) is 7.90. The van der Waals surface area contributed by atoms with Crippen LogP contribution in [0.3, 0.4) is 0 Å². The molecular formula is C23H31N7O3. The third kappa shape index (κ3) is 5.83. The minimum absolute atomic E-state index is 0.112. The van der Waals surface area contributed by atoms with Gasteiger partial charge in [-0.05, 0) is 31.0 Å². The van der Waals surface area contributed by atoms with Gasteiger partial charge in [0.05, 0.1) is 43.7 Å². The molecule has 2 atom stereocenters. The second kappa shape index (κ2) is 10.9. The Bertz CT molecular complexity index is 1030. The summed E-state index contributed by atoms with van der Waals surface area (Å²) in [7, 11) is 1.66. The van der Waals surface area contributed by atoms with Crippen LogP contribution in [0.4, 0.5) is 0 Å². The number of aryl methyl sites for hydroxylation is 1. The van der Waals surface area contributed by atoms with Gasteiger partial charge in [0.15, 0.2) is 5.82 Å². The van der Waals surface area contributed by atoms with Crippen molar-refractivity contribution < 1.29 is 14.3 Å². The Morgan fingerprint density at radius 3 is 2.58 bits per heavy atom. The number of tetrazole rings is 1. The van der Waals surface area contributed by atoms with Crippen molar-refractivity contribution in [2.24, 2.45) is 7.05 Å². The zero-order valence-corrected chi connectivity index (χ0v) is 19.5. The maximum absolute atomic E-state index is 13.1. The Balaban J connectivity index is 1.73. The lowest BCUT2D eigenvalue weighted by atomic mass is 10.0. The standard InChI is InChI=1S/C23H31N7O3/c1-6-19(18-10-8-7-9-11-18)25-22(31)15(2)20-14-33-13-12-30(20)17(4)23(32)24-16(3)21-26-28-29(5)27-21/h7-11,16,19H,4,6,12-14H2,1-3,5H3,(H,24,32)(H,25,31)/b20-15+/t16?,19-/m1/s1. The molecule has 2 heterocycles. The molecule has 2 aromatic rings. The predicted octanol–water partition coefficient (Wildman–Crippen LogP) is 1.77. The summed E-state index contributed by atoms with van der Waals surface area (Å²) in [5.41, 5.74) is 2.37. The number of ether oxygens (including phenoxy) is 1. The van der Waals surface area contributed by atoms with E-state index < -0.39 is 6.04 Å². The van der Waals surface area contributed by atoms with Gasteiger partial charge in [0.25, 0.3) is 5.91 Å². The monoisotopic (exact) mass is 453 g/mol. The van der Waals surface area contributed by atoms with E-state index in [0.717, 1.165) is 12.0 Å². The molecule has 1 aromatic carbocycles. The average Bonchev–Trinajstić information content (AvgIpc) is 3.28. The maximum Gasteiger partial charge on any atom is 0.267 e. The Hall–Kier alpha value is -3.53. The molecule has 2 N–H and O–H groups in total. The van der Waals surface area contributed by atoms with E-state index in [4.69, 9.17) is 4.74 Å². The van der Waals surface area contributed by atoms with E-state index in [1.165, 1.54) is 4.80 Å². The SMILES string of the molecule is C=C(C(=O)NC(C)c1nnn(C)n1)N1CCOC/C1=C(/C)C(=O)N[C@H](CC)c1ccccc1. The summed E-state index contributed by atoms with van der Waals surface area (Å²) >= 11 is 0. The first-order valence-electron chi connectivity index (χ1n) is 11.0. The first kappa shape index (κ1) is 24.1. The molecule has 1 unspecified atom stereocenters. The van der Waals surface area contributed by atoms with Crippen molar-refractivity contribution in [2.45, 2.75) is 39.3 Å². The van der Waals surface area contributed by atoms with Gasteiger partial charge in [0.2, 0.25) is 5.91 Å². The third-order valence-electron chi connectivity index (χ3n) is 5.56. The topological polar surface area (TPSA) is 114 Å². The van der Waals surface area contributed by atoms with Crippen molar-refractivity contribution in [1.82, 2.24) is 35.7 Å². The molecule has 1 aromatic heterocycles. The smallest absolute Gasteiger partial charge is 0.267 e. The Morgan fingerprint density at radius 2 is 1.94 bits per heavy atom. The number of hydrogen-bond donors (Lipinski definition) is 2. The van der Waals surface area contributed by atoms with Crippen LogP contribution < -0.4 is 10.6 Å². The van der Waals surface area contributed by atoms with E-state index in [1.54, 1.807) is 25.8 Å². The number of nitrogens with one attached hydrogen (secondary N) is 2. The van der Waals surface area contributed by atoms with E-state index in [9.17, 15) is 9.59 Å². The molecule has 3 rings (SSSR count). The molecule has 0 bridgehead atoms. The molecule has 1 saturated heterocycles. The second-order valence-corrected chi connectivity index (χ2v) is 7.90. The zero-order valence-electron chi connectivity index (χ0n) is 19.5. The molecule has 0 radical (unpaired) electrons. The molecule has 1 fully saturated rings. The number of carbonyl (C=O) groups is 2.